The lowest BCUT2D eigenvalue weighted by molar-refractivity contribution is 0.473. The second-order valence-corrected chi connectivity index (χ2v) is 4.67. The normalized spacial score (nSPS) is 12.4. The maximum Gasteiger partial charge on any atom is 0.0419 e. The standard InChI is InChI=1S/C15H24N2/c1-4-10-16-15(9-8-13(2)3)12-14-7-5-6-11-17-14/h5-7,11,15-16H,2,4,8-10,12H2,1,3H3. The highest BCUT2D eigenvalue weighted by molar-refractivity contribution is 5.05. The third-order valence-electron chi connectivity index (χ3n) is 2.78. The highest BCUT2D eigenvalue weighted by atomic mass is 14.9. The lowest BCUT2D eigenvalue weighted by Crippen LogP contribution is -2.32. The SMILES string of the molecule is C=C(C)CCC(Cc1ccccn1)NCCC. The van der Waals surface area contributed by atoms with Gasteiger partial charge in [0.2, 0.25) is 0 Å². The molecule has 1 N–H and O–H groups in total. The van der Waals surface area contributed by atoms with E-state index in [0.29, 0.717) is 6.04 Å². The molecule has 17 heavy (non-hydrogen) atoms. The van der Waals surface area contributed by atoms with Crippen LogP contribution >= 0.6 is 0 Å². The molecular formula is C15H24N2. The molecule has 2 heteroatoms. The van der Waals surface area contributed by atoms with Crippen LogP contribution in [0.4, 0.5) is 0 Å². The van der Waals surface area contributed by atoms with E-state index in [1.54, 1.807) is 0 Å². The summed E-state index contributed by atoms with van der Waals surface area (Å²) in [5, 5.41) is 3.59. The van der Waals surface area contributed by atoms with Crippen molar-refractivity contribution in [1.29, 1.82) is 0 Å². The lowest BCUT2D eigenvalue weighted by atomic mass is 10.0. The Morgan fingerprint density at radius 2 is 2.29 bits per heavy atom. The summed E-state index contributed by atoms with van der Waals surface area (Å²) in [4.78, 5) is 4.39. The second kappa shape index (κ2) is 8.02. The molecule has 1 aromatic rings. The maximum atomic E-state index is 4.39. The first-order chi connectivity index (χ1) is 8.22. The smallest absolute Gasteiger partial charge is 0.0419 e. The van der Waals surface area contributed by atoms with Crippen molar-refractivity contribution in [2.75, 3.05) is 6.54 Å². The van der Waals surface area contributed by atoms with E-state index in [-0.39, 0.29) is 0 Å². The molecule has 0 saturated heterocycles. The molecule has 0 aliphatic carbocycles. The molecule has 0 aliphatic heterocycles. The van der Waals surface area contributed by atoms with E-state index in [1.165, 1.54) is 17.7 Å². The summed E-state index contributed by atoms with van der Waals surface area (Å²) < 4.78 is 0. The van der Waals surface area contributed by atoms with Crippen LogP contribution in [-0.2, 0) is 6.42 Å². The Hall–Kier alpha value is -1.15. The summed E-state index contributed by atoms with van der Waals surface area (Å²) in [6.07, 6.45) is 6.28. The molecule has 1 heterocycles. The zero-order valence-electron chi connectivity index (χ0n) is 11.1. The third kappa shape index (κ3) is 6.22. The van der Waals surface area contributed by atoms with Crippen LogP contribution in [0.2, 0.25) is 0 Å². The molecule has 0 radical (unpaired) electrons. The lowest BCUT2D eigenvalue weighted by Gasteiger charge is -2.18. The van der Waals surface area contributed by atoms with Crippen LogP contribution in [0.25, 0.3) is 0 Å². The largest absolute Gasteiger partial charge is 0.314 e. The zero-order chi connectivity index (χ0) is 12.5. The Morgan fingerprint density at radius 1 is 1.47 bits per heavy atom. The van der Waals surface area contributed by atoms with Gasteiger partial charge in [-0.3, -0.25) is 4.98 Å². The van der Waals surface area contributed by atoms with Crippen molar-refractivity contribution < 1.29 is 0 Å². The summed E-state index contributed by atoms with van der Waals surface area (Å²) in [6, 6.07) is 6.63. The van der Waals surface area contributed by atoms with Crippen molar-refractivity contribution in [3.63, 3.8) is 0 Å². The van der Waals surface area contributed by atoms with Crippen molar-refractivity contribution in [2.45, 2.75) is 45.6 Å². The maximum absolute atomic E-state index is 4.39. The molecule has 1 atom stereocenters. The topological polar surface area (TPSA) is 24.9 Å². The number of hydrogen-bond donors (Lipinski definition) is 1. The van der Waals surface area contributed by atoms with Crippen LogP contribution in [-0.4, -0.2) is 17.6 Å². The van der Waals surface area contributed by atoms with Gasteiger partial charge in [0.15, 0.2) is 0 Å². The molecule has 1 aromatic heterocycles. The summed E-state index contributed by atoms with van der Waals surface area (Å²) in [7, 11) is 0. The molecule has 0 fully saturated rings. The van der Waals surface area contributed by atoms with Gasteiger partial charge in [-0.2, -0.15) is 0 Å². The fourth-order valence-corrected chi connectivity index (χ4v) is 1.82. The predicted octanol–water partition coefficient (Wildman–Crippen LogP) is 3.35. The van der Waals surface area contributed by atoms with Gasteiger partial charge >= 0.3 is 0 Å². The van der Waals surface area contributed by atoms with Crippen molar-refractivity contribution in [1.82, 2.24) is 10.3 Å². The number of nitrogens with one attached hydrogen (secondary N) is 1. The first-order valence-corrected chi connectivity index (χ1v) is 6.50. The van der Waals surface area contributed by atoms with Gasteiger partial charge < -0.3 is 5.32 Å². The highest BCUT2D eigenvalue weighted by Crippen LogP contribution is 2.09. The van der Waals surface area contributed by atoms with Gasteiger partial charge in [0, 0.05) is 24.4 Å². The number of aromatic nitrogens is 1. The number of allylic oxidation sites excluding steroid dienone is 1. The van der Waals surface area contributed by atoms with Crippen molar-refractivity contribution >= 4 is 0 Å². The Morgan fingerprint density at radius 3 is 2.88 bits per heavy atom. The number of rotatable bonds is 8. The zero-order valence-corrected chi connectivity index (χ0v) is 11.1. The summed E-state index contributed by atoms with van der Waals surface area (Å²) in [5.74, 6) is 0. The Kier molecular flexibility index (Phi) is 6.56. The minimum Gasteiger partial charge on any atom is -0.314 e. The van der Waals surface area contributed by atoms with E-state index in [2.05, 4.69) is 42.9 Å². The van der Waals surface area contributed by atoms with E-state index in [4.69, 9.17) is 0 Å². The predicted molar refractivity (Wildman–Crippen MR) is 74.1 cm³/mol. The molecule has 0 saturated carbocycles. The van der Waals surface area contributed by atoms with Gasteiger partial charge in [0.25, 0.3) is 0 Å². The molecule has 0 aliphatic rings. The van der Waals surface area contributed by atoms with Gasteiger partial charge in [-0.1, -0.05) is 18.6 Å². The number of pyridine rings is 1. The Bertz CT molecular complexity index is 319. The van der Waals surface area contributed by atoms with E-state index in [0.717, 1.165) is 25.8 Å². The summed E-state index contributed by atoms with van der Waals surface area (Å²) >= 11 is 0. The first kappa shape index (κ1) is 13.9. The quantitative estimate of drug-likeness (QED) is 0.695. The molecule has 0 bridgehead atoms. The molecule has 2 nitrogen and oxygen atoms in total. The number of hydrogen-bond acceptors (Lipinski definition) is 2. The van der Waals surface area contributed by atoms with Gasteiger partial charge in [-0.05, 0) is 44.9 Å². The second-order valence-electron chi connectivity index (χ2n) is 4.67. The van der Waals surface area contributed by atoms with Crippen molar-refractivity contribution in [3.8, 4) is 0 Å². The van der Waals surface area contributed by atoms with Gasteiger partial charge in [-0.15, -0.1) is 6.58 Å². The highest BCUT2D eigenvalue weighted by Gasteiger charge is 2.09. The van der Waals surface area contributed by atoms with Crippen LogP contribution in [0.15, 0.2) is 36.5 Å². The fraction of sp³-hybridized carbons (Fsp3) is 0.533. The van der Waals surface area contributed by atoms with Crippen molar-refractivity contribution in [2.24, 2.45) is 0 Å². The average Bonchev–Trinajstić information content (AvgIpc) is 2.34. The van der Waals surface area contributed by atoms with Crippen LogP contribution in [0.1, 0.15) is 38.8 Å². The van der Waals surface area contributed by atoms with Crippen molar-refractivity contribution in [3.05, 3.63) is 42.2 Å². The molecular weight excluding hydrogens is 208 g/mol. The minimum atomic E-state index is 0.515. The summed E-state index contributed by atoms with van der Waals surface area (Å²) in [5.41, 5.74) is 2.43. The minimum absolute atomic E-state index is 0.515. The Labute approximate surface area is 105 Å². The van der Waals surface area contributed by atoms with E-state index < -0.39 is 0 Å². The number of nitrogens with zero attached hydrogens (tertiary/aromatic N) is 1. The third-order valence-corrected chi connectivity index (χ3v) is 2.78. The van der Waals surface area contributed by atoms with Gasteiger partial charge in [-0.25, -0.2) is 0 Å². The van der Waals surface area contributed by atoms with E-state index in [9.17, 15) is 0 Å². The monoisotopic (exact) mass is 232 g/mol. The van der Waals surface area contributed by atoms with Crippen LogP contribution in [0, 0.1) is 0 Å². The Balaban J connectivity index is 2.47. The molecule has 94 valence electrons. The fourth-order valence-electron chi connectivity index (χ4n) is 1.82. The first-order valence-electron chi connectivity index (χ1n) is 6.50. The molecule has 1 unspecified atom stereocenters. The van der Waals surface area contributed by atoms with Gasteiger partial charge in [0.1, 0.15) is 0 Å². The molecule has 1 rings (SSSR count). The van der Waals surface area contributed by atoms with E-state index in [1.807, 2.05) is 12.3 Å². The summed E-state index contributed by atoms with van der Waals surface area (Å²) in [6.45, 7) is 9.34. The van der Waals surface area contributed by atoms with Crippen LogP contribution < -0.4 is 5.32 Å². The molecule has 0 amide bonds. The molecule has 0 aromatic carbocycles. The van der Waals surface area contributed by atoms with Crippen LogP contribution in [0.5, 0.6) is 0 Å². The van der Waals surface area contributed by atoms with Crippen LogP contribution in [0.3, 0.4) is 0 Å². The van der Waals surface area contributed by atoms with E-state index >= 15 is 0 Å². The average molecular weight is 232 g/mol. The molecule has 0 spiro atoms. The van der Waals surface area contributed by atoms with Gasteiger partial charge in [0.05, 0.1) is 0 Å².